The van der Waals surface area contributed by atoms with Gasteiger partial charge in [-0.3, -0.25) is 4.79 Å². The standard InChI is InChI=1S/C33H23BN2O4/c37-29(27-19-17-25(35-27)22-9-3-1-4-10-22)21-32(28-20-18-26(36-28)23-11-5-2-6-12-23)40-34-38-30-15-7-13-24-14-8-16-31(39-34)33(24)30/h1-21,35-36H/b32-21-. The van der Waals surface area contributed by atoms with Crippen LogP contribution in [-0.2, 0) is 4.65 Å². The molecule has 192 valence electrons. The fourth-order valence-corrected chi connectivity index (χ4v) is 4.87. The summed E-state index contributed by atoms with van der Waals surface area (Å²) in [5, 5.41) is 1.90. The van der Waals surface area contributed by atoms with Crippen molar-refractivity contribution in [1.82, 2.24) is 9.97 Å². The first kappa shape index (κ1) is 23.7. The second-order valence-corrected chi connectivity index (χ2v) is 9.43. The van der Waals surface area contributed by atoms with Crippen molar-refractivity contribution in [3.8, 4) is 34.0 Å². The van der Waals surface area contributed by atoms with Crippen molar-refractivity contribution in [2.45, 2.75) is 0 Å². The van der Waals surface area contributed by atoms with E-state index >= 15 is 0 Å². The summed E-state index contributed by atoms with van der Waals surface area (Å²) in [5.41, 5.74) is 4.82. The van der Waals surface area contributed by atoms with Crippen LogP contribution >= 0.6 is 0 Å². The molecule has 4 aromatic carbocycles. The number of hydrogen-bond donors (Lipinski definition) is 2. The Balaban J connectivity index is 1.22. The van der Waals surface area contributed by atoms with E-state index in [4.69, 9.17) is 14.0 Å². The highest BCUT2D eigenvalue weighted by molar-refractivity contribution is 6.41. The Bertz CT molecular complexity index is 1820. The quantitative estimate of drug-likeness (QED) is 0.0984. The number of aromatic nitrogens is 2. The zero-order chi connectivity index (χ0) is 26.9. The monoisotopic (exact) mass is 522 g/mol. The first-order valence-corrected chi connectivity index (χ1v) is 13.0. The molecule has 0 atom stereocenters. The van der Waals surface area contributed by atoms with Crippen molar-refractivity contribution in [2.24, 2.45) is 0 Å². The predicted molar refractivity (Wildman–Crippen MR) is 157 cm³/mol. The van der Waals surface area contributed by atoms with Crippen molar-refractivity contribution < 1.29 is 18.8 Å². The van der Waals surface area contributed by atoms with E-state index in [0.717, 1.165) is 33.3 Å². The number of nitrogens with one attached hydrogen (secondary N) is 2. The molecule has 0 fully saturated rings. The average molecular weight is 522 g/mol. The van der Waals surface area contributed by atoms with E-state index in [9.17, 15) is 4.79 Å². The molecule has 2 N–H and O–H groups in total. The molecular weight excluding hydrogens is 499 g/mol. The highest BCUT2D eigenvalue weighted by atomic mass is 16.7. The van der Waals surface area contributed by atoms with E-state index in [-0.39, 0.29) is 5.78 Å². The van der Waals surface area contributed by atoms with Gasteiger partial charge in [-0.25, -0.2) is 0 Å². The average Bonchev–Trinajstić information content (AvgIpc) is 3.69. The van der Waals surface area contributed by atoms with Gasteiger partial charge in [0, 0.05) is 17.5 Å². The van der Waals surface area contributed by atoms with Crippen LogP contribution in [0, 0.1) is 0 Å². The molecule has 6 nitrogen and oxygen atoms in total. The van der Waals surface area contributed by atoms with Crippen LogP contribution < -0.4 is 9.31 Å². The smallest absolute Gasteiger partial charge is 0.489 e. The Morgan fingerprint density at radius 2 is 1.18 bits per heavy atom. The number of benzene rings is 4. The SMILES string of the molecule is O=C(/C=C(\OB1Oc2cccc3cccc(c23)O1)c1ccc(-c2ccccc2)[nH]1)c1ccc(-c2ccccc2)[nH]1. The summed E-state index contributed by atoms with van der Waals surface area (Å²) < 4.78 is 18.4. The van der Waals surface area contributed by atoms with Gasteiger partial charge < -0.3 is 23.9 Å². The van der Waals surface area contributed by atoms with Gasteiger partial charge in [-0.15, -0.1) is 0 Å². The van der Waals surface area contributed by atoms with Gasteiger partial charge in [0.1, 0.15) is 17.3 Å². The lowest BCUT2D eigenvalue weighted by Crippen LogP contribution is -2.35. The molecule has 0 amide bonds. The topological polar surface area (TPSA) is 76.3 Å². The van der Waals surface area contributed by atoms with E-state index in [2.05, 4.69) is 9.97 Å². The van der Waals surface area contributed by atoms with Crippen molar-refractivity contribution >= 4 is 29.6 Å². The summed E-state index contributed by atoms with van der Waals surface area (Å²) >= 11 is 0. The zero-order valence-corrected chi connectivity index (χ0v) is 21.3. The predicted octanol–water partition coefficient (Wildman–Crippen LogP) is 7.53. The van der Waals surface area contributed by atoms with Crippen molar-refractivity contribution in [2.75, 3.05) is 0 Å². The Labute approximate surface area is 231 Å². The Hall–Kier alpha value is -5.43. The summed E-state index contributed by atoms with van der Waals surface area (Å²) in [6, 6.07) is 38.9. The van der Waals surface area contributed by atoms with Crippen LogP contribution in [0.2, 0.25) is 0 Å². The van der Waals surface area contributed by atoms with E-state index in [1.807, 2.05) is 115 Å². The van der Waals surface area contributed by atoms with Gasteiger partial charge in [-0.05, 0) is 52.9 Å². The minimum Gasteiger partial charge on any atom is -0.489 e. The molecule has 7 heteroatoms. The summed E-state index contributed by atoms with van der Waals surface area (Å²) in [7, 11) is -1.09. The Morgan fingerprint density at radius 1 is 0.625 bits per heavy atom. The number of ketones is 1. The second-order valence-electron chi connectivity index (χ2n) is 9.43. The molecule has 0 saturated heterocycles. The maximum atomic E-state index is 13.5. The summed E-state index contributed by atoms with van der Waals surface area (Å²) in [5.74, 6) is 1.36. The van der Waals surface area contributed by atoms with Crippen LogP contribution in [0.4, 0.5) is 0 Å². The molecule has 2 aromatic heterocycles. The molecule has 7 rings (SSSR count). The molecule has 1 aliphatic rings. The van der Waals surface area contributed by atoms with Gasteiger partial charge in [0.05, 0.1) is 16.8 Å². The molecule has 0 saturated carbocycles. The highest BCUT2D eigenvalue weighted by Gasteiger charge is 2.37. The van der Waals surface area contributed by atoms with Crippen LogP contribution in [-0.4, -0.2) is 23.1 Å². The number of allylic oxidation sites excluding steroid dienone is 1. The normalized spacial score (nSPS) is 12.6. The van der Waals surface area contributed by atoms with Gasteiger partial charge in [-0.2, -0.15) is 0 Å². The van der Waals surface area contributed by atoms with Gasteiger partial charge >= 0.3 is 7.32 Å². The number of hydrogen-bond acceptors (Lipinski definition) is 4. The minimum absolute atomic E-state index is 0.244. The van der Waals surface area contributed by atoms with Crippen LogP contribution in [0.15, 0.2) is 127 Å². The molecule has 0 spiro atoms. The largest absolute Gasteiger partial charge is 0.864 e. The number of rotatable bonds is 7. The number of carbonyl (C=O) groups excluding carboxylic acids is 1. The highest BCUT2D eigenvalue weighted by Crippen LogP contribution is 2.38. The first-order valence-electron chi connectivity index (χ1n) is 13.0. The molecule has 0 radical (unpaired) electrons. The van der Waals surface area contributed by atoms with Gasteiger partial charge in [0.25, 0.3) is 0 Å². The molecule has 6 aromatic rings. The molecule has 3 heterocycles. The van der Waals surface area contributed by atoms with Gasteiger partial charge in [0.15, 0.2) is 0 Å². The molecular formula is C33H23BN2O4. The summed E-state index contributed by atoms with van der Waals surface area (Å²) in [4.78, 5) is 20.1. The molecule has 0 unspecified atom stereocenters. The lowest BCUT2D eigenvalue weighted by atomic mass is 10.0. The van der Waals surface area contributed by atoms with Gasteiger partial charge in [0.2, 0.25) is 5.78 Å². The third-order valence-corrected chi connectivity index (χ3v) is 6.83. The molecule has 0 bridgehead atoms. The lowest BCUT2D eigenvalue weighted by molar-refractivity contribution is 0.104. The number of H-pyrrole nitrogens is 2. The molecule has 0 aliphatic carbocycles. The van der Waals surface area contributed by atoms with E-state index < -0.39 is 7.32 Å². The van der Waals surface area contributed by atoms with E-state index in [0.29, 0.717) is 28.6 Å². The minimum atomic E-state index is -1.09. The Morgan fingerprint density at radius 3 is 1.77 bits per heavy atom. The zero-order valence-electron chi connectivity index (χ0n) is 21.3. The molecule has 40 heavy (non-hydrogen) atoms. The number of aromatic amines is 2. The van der Waals surface area contributed by atoms with Crippen LogP contribution in [0.1, 0.15) is 16.2 Å². The third-order valence-electron chi connectivity index (χ3n) is 6.83. The first-order chi connectivity index (χ1) is 19.7. The van der Waals surface area contributed by atoms with E-state index in [1.54, 1.807) is 6.07 Å². The third kappa shape index (κ3) is 4.54. The van der Waals surface area contributed by atoms with Crippen molar-refractivity contribution in [1.29, 1.82) is 0 Å². The fraction of sp³-hybridized carbons (Fsp3) is 0. The summed E-state index contributed by atoms with van der Waals surface area (Å²) in [6.45, 7) is 0. The maximum Gasteiger partial charge on any atom is 0.864 e. The molecule has 1 aliphatic heterocycles. The van der Waals surface area contributed by atoms with Crippen LogP contribution in [0.5, 0.6) is 11.5 Å². The van der Waals surface area contributed by atoms with Crippen LogP contribution in [0.25, 0.3) is 39.0 Å². The second kappa shape index (κ2) is 10.0. The summed E-state index contributed by atoms with van der Waals surface area (Å²) in [6.07, 6.45) is 1.45. The van der Waals surface area contributed by atoms with Crippen molar-refractivity contribution in [3.05, 3.63) is 139 Å². The van der Waals surface area contributed by atoms with Crippen molar-refractivity contribution in [3.63, 3.8) is 0 Å². The van der Waals surface area contributed by atoms with Crippen LogP contribution in [0.3, 0.4) is 0 Å². The number of carbonyl (C=O) groups is 1. The van der Waals surface area contributed by atoms with Gasteiger partial charge in [-0.1, -0.05) is 84.9 Å². The Kier molecular flexibility index (Phi) is 5.94. The lowest BCUT2D eigenvalue weighted by Gasteiger charge is -2.24. The van der Waals surface area contributed by atoms with E-state index in [1.165, 1.54) is 6.08 Å². The maximum absolute atomic E-state index is 13.5. The fourth-order valence-electron chi connectivity index (χ4n) is 4.87.